The number of ether oxygens (including phenoxy) is 1. The zero-order valence-electron chi connectivity index (χ0n) is 15.0. The Morgan fingerprint density at radius 2 is 1.96 bits per heavy atom. The highest BCUT2D eigenvalue weighted by Gasteiger charge is 2.18. The third kappa shape index (κ3) is 4.69. The van der Waals surface area contributed by atoms with Gasteiger partial charge in [-0.05, 0) is 42.0 Å². The van der Waals surface area contributed by atoms with Crippen molar-refractivity contribution in [3.05, 3.63) is 64.2 Å². The van der Waals surface area contributed by atoms with Gasteiger partial charge in [-0.15, -0.1) is 0 Å². The van der Waals surface area contributed by atoms with E-state index in [0.717, 1.165) is 5.69 Å². The summed E-state index contributed by atoms with van der Waals surface area (Å²) in [5.74, 6) is -0.540. The van der Waals surface area contributed by atoms with Gasteiger partial charge in [-0.1, -0.05) is 23.7 Å². The minimum atomic E-state index is -0.540. The molecule has 140 valence electrons. The molecule has 0 radical (unpaired) electrons. The topological polar surface area (TPSA) is 89.2 Å². The molecule has 28 heavy (non-hydrogen) atoms. The van der Waals surface area contributed by atoms with Crippen molar-refractivity contribution in [2.45, 2.75) is 0 Å². The van der Waals surface area contributed by atoms with Gasteiger partial charge in [0.1, 0.15) is 11.6 Å². The van der Waals surface area contributed by atoms with E-state index in [1.807, 2.05) is 18.2 Å². The Balaban J connectivity index is 1.86. The largest absolute Gasteiger partial charge is 0.378 e. The molecule has 0 saturated carbocycles. The molecule has 1 amide bonds. The Kier molecular flexibility index (Phi) is 6.29. The average molecular weight is 393 g/mol. The first-order valence-electron chi connectivity index (χ1n) is 8.66. The van der Waals surface area contributed by atoms with E-state index in [0.29, 0.717) is 48.1 Å². The van der Waals surface area contributed by atoms with Crippen molar-refractivity contribution in [2.24, 2.45) is 0 Å². The predicted molar refractivity (Wildman–Crippen MR) is 108 cm³/mol. The molecule has 0 atom stereocenters. The SMILES string of the molecule is N#C/C(=C\c1cccc(C#N)c1)C(=O)Nc1cc(Cl)ccc1N1CCOCC1. The van der Waals surface area contributed by atoms with E-state index in [1.54, 1.807) is 36.4 Å². The van der Waals surface area contributed by atoms with Gasteiger partial charge in [-0.25, -0.2) is 0 Å². The maximum atomic E-state index is 12.7. The average Bonchev–Trinajstić information content (AvgIpc) is 2.73. The van der Waals surface area contributed by atoms with Crippen LogP contribution in [0.5, 0.6) is 0 Å². The molecule has 1 aliphatic rings. The molecule has 2 aromatic carbocycles. The van der Waals surface area contributed by atoms with E-state index in [1.165, 1.54) is 6.08 Å². The van der Waals surface area contributed by atoms with E-state index < -0.39 is 5.91 Å². The highest BCUT2D eigenvalue weighted by atomic mass is 35.5. The number of nitriles is 2. The maximum absolute atomic E-state index is 12.7. The van der Waals surface area contributed by atoms with Crippen LogP contribution in [0.25, 0.3) is 6.08 Å². The molecule has 1 heterocycles. The fraction of sp³-hybridized carbons (Fsp3) is 0.190. The lowest BCUT2D eigenvalue weighted by molar-refractivity contribution is -0.112. The summed E-state index contributed by atoms with van der Waals surface area (Å²) in [6.45, 7) is 2.61. The zero-order chi connectivity index (χ0) is 19.9. The minimum absolute atomic E-state index is 0.0667. The summed E-state index contributed by atoms with van der Waals surface area (Å²) in [5, 5.41) is 21.7. The third-order valence-electron chi connectivity index (χ3n) is 4.25. The van der Waals surface area contributed by atoms with Gasteiger partial charge < -0.3 is 15.0 Å². The molecular weight excluding hydrogens is 376 g/mol. The summed E-state index contributed by atoms with van der Waals surface area (Å²) in [6, 6.07) is 15.9. The van der Waals surface area contributed by atoms with Crippen molar-refractivity contribution in [3.63, 3.8) is 0 Å². The van der Waals surface area contributed by atoms with E-state index >= 15 is 0 Å². The quantitative estimate of drug-likeness (QED) is 0.634. The van der Waals surface area contributed by atoms with Crippen LogP contribution in [0.1, 0.15) is 11.1 Å². The second-order valence-electron chi connectivity index (χ2n) is 6.12. The molecule has 7 heteroatoms. The fourth-order valence-corrected chi connectivity index (χ4v) is 3.06. The van der Waals surface area contributed by atoms with Crippen molar-refractivity contribution < 1.29 is 9.53 Å². The Bertz CT molecular complexity index is 998. The first-order chi connectivity index (χ1) is 13.6. The Labute approximate surface area is 168 Å². The van der Waals surface area contributed by atoms with E-state index in [4.69, 9.17) is 21.6 Å². The van der Waals surface area contributed by atoms with Crippen molar-refractivity contribution >= 4 is 35.0 Å². The monoisotopic (exact) mass is 392 g/mol. The van der Waals surface area contributed by atoms with Gasteiger partial charge in [-0.3, -0.25) is 4.79 Å². The minimum Gasteiger partial charge on any atom is -0.378 e. The summed E-state index contributed by atoms with van der Waals surface area (Å²) in [4.78, 5) is 14.8. The van der Waals surface area contributed by atoms with Crippen LogP contribution in [0.4, 0.5) is 11.4 Å². The number of nitrogens with one attached hydrogen (secondary N) is 1. The number of rotatable bonds is 4. The lowest BCUT2D eigenvalue weighted by Gasteiger charge is -2.30. The van der Waals surface area contributed by atoms with E-state index in [9.17, 15) is 10.1 Å². The molecule has 1 N–H and O–H groups in total. The van der Waals surface area contributed by atoms with Crippen LogP contribution in [0, 0.1) is 22.7 Å². The number of hydrogen-bond acceptors (Lipinski definition) is 5. The number of nitrogens with zero attached hydrogens (tertiary/aromatic N) is 3. The molecule has 0 aromatic heterocycles. The number of halogens is 1. The molecular formula is C21H17ClN4O2. The summed E-state index contributed by atoms with van der Waals surface area (Å²) in [5.41, 5.74) is 2.35. The van der Waals surface area contributed by atoms with Crippen molar-refractivity contribution in [2.75, 3.05) is 36.5 Å². The Hall–Kier alpha value is -3.32. The van der Waals surface area contributed by atoms with Crippen LogP contribution in [-0.2, 0) is 9.53 Å². The number of hydrogen-bond donors (Lipinski definition) is 1. The van der Waals surface area contributed by atoms with Crippen LogP contribution in [0.2, 0.25) is 5.02 Å². The normalized spacial score (nSPS) is 14.1. The molecule has 0 unspecified atom stereocenters. The van der Waals surface area contributed by atoms with E-state index in [2.05, 4.69) is 10.2 Å². The predicted octanol–water partition coefficient (Wildman–Crippen LogP) is 3.59. The van der Waals surface area contributed by atoms with E-state index in [-0.39, 0.29) is 5.57 Å². The molecule has 1 saturated heterocycles. The molecule has 3 rings (SSSR count). The highest BCUT2D eigenvalue weighted by Crippen LogP contribution is 2.30. The van der Waals surface area contributed by atoms with Gasteiger partial charge in [0.25, 0.3) is 5.91 Å². The molecule has 0 spiro atoms. The Morgan fingerprint density at radius 1 is 1.18 bits per heavy atom. The lowest BCUT2D eigenvalue weighted by atomic mass is 10.1. The van der Waals surface area contributed by atoms with Gasteiger partial charge in [-0.2, -0.15) is 10.5 Å². The molecule has 6 nitrogen and oxygen atoms in total. The standard InChI is InChI=1S/C21H17ClN4O2/c22-18-4-5-20(26-6-8-28-9-7-26)19(12-18)25-21(27)17(14-24)11-15-2-1-3-16(10-15)13-23/h1-5,10-12H,6-9H2,(H,25,27)/b17-11+. The fourth-order valence-electron chi connectivity index (χ4n) is 2.89. The van der Waals surface area contributed by atoms with Crippen LogP contribution in [-0.4, -0.2) is 32.2 Å². The number of anilines is 2. The number of carbonyl (C=O) groups is 1. The smallest absolute Gasteiger partial charge is 0.266 e. The maximum Gasteiger partial charge on any atom is 0.266 e. The van der Waals surface area contributed by atoms with Gasteiger partial charge in [0, 0.05) is 18.1 Å². The van der Waals surface area contributed by atoms with Crippen molar-refractivity contribution in [1.29, 1.82) is 10.5 Å². The van der Waals surface area contributed by atoms with Gasteiger partial charge >= 0.3 is 0 Å². The van der Waals surface area contributed by atoms with Crippen molar-refractivity contribution in [1.82, 2.24) is 0 Å². The molecule has 1 aliphatic heterocycles. The Morgan fingerprint density at radius 3 is 2.68 bits per heavy atom. The van der Waals surface area contributed by atoms with Crippen molar-refractivity contribution in [3.8, 4) is 12.1 Å². The van der Waals surface area contributed by atoms with Crippen LogP contribution < -0.4 is 10.2 Å². The van der Waals surface area contributed by atoms with Crippen LogP contribution in [0.15, 0.2) is 48.0 Å². The molecule has 1 fully saturated rings. The van der Waals surface area contributed by atoms with Gasteiger partial charge in [0.15, 0.2) is 0 Å². The number of morpholine rings is 1. The number of amides is 1. The van der Waals surface area contributed by atoms with Gasteiger partial charge in [0.05, 0.1) is 36.2 Å². The summed E-state index contributed by atoms with van der Waals surface area (Å²) in [7, 11) is 0. The van der Waals surface area contributed by atoms with Crippen LogP contribution >= 0.6 is 11.6 Å². The lowest BCUT2D eigenvalue weighted by Crippen LogP contribution is -2.36. The zero-order valence-corrected chi connectivity index (χ0v) is 15.7. The van der Waals surface area contributed by atoms with Crippen LogP contribution in [0.3, 0.4) is 0 Å². The van der Waals surface area contributed by atoms with Gasteiger partial charge in [0.2, 0.25) is 0 Å². The first-order valence-corrected chi connectivity index (χ1v) is 9.04. The highest BCUT2D eigenvalue weighted by molar-refractivity contribution is 6.31. The molecule has 0 aliphatic carbocycles. The summed E-state index contributed by atoms with van der Waals surface area (Å²) >= 11 is 6.11. The molecule has 2 aromatic rings. The summed E-state index contributed by atoms with van der Waals surface area (Å²) < 4.78 is 5.38. The second kappa shape index (κ2) is 9.05. The second-order valence-corrected chi connectivity index (χ2v) is 6.56. The third-order valence-corrected chi connectivity index (χ3v) is 4.49. The number of carbonyl (C=O) groups excluding carboxylic acids is 1. The molecule has 0 bridgehead atoms. The number of benzene rings is 2. The first kappa shape index (κ1) is 19.4. The summed E-state index contributed by atoms with van der Waals surface area (Å²) in [6.07, 6.45) is 1.45.